The van der Waals surface area contributed by atoms with E-state index in [4.69, 9.17) is 14.2 Å². The molecule has 4 saturated carbocycles. The average molecular weight is 771 g/mol. The maximum absolute atomic E-state index is 13.4. The van der Waals surface area contributed by atoms with Gasteiger partial charge in [-0.15, -0.1) is 0 Å². The van der Waals surface area contributed by atoms with Gasteiger partial charge in [0.05, 0.1) is 38.1 Å². The minimum Gasteiger partial charge on any atom is -0.481 e. The second-order valence-corrected chi connectivity index (χ2v) is 19.8. The molecule has 6 aliphatic rings. The zero-order valence-electron chi connectivity index (χ0n) is 33.6. The van der Waals surface area contributed by atoms with Crippen LogP contribution in [0.1, 0.15) is 98.5 Å². The lowest BCUT2D eigenvalue weighted by atomic mass is 9.31. The lowest BCUT2D eigenvalue weighted by Gasteiger charge is -2.73. The van der Waals surface area contributed by atoms with E-state index in [9.17, 15) is 40.5 Å². The fourth-order valence-electron chi connectivity index (χ4n) is 14.0. The lowest BCUT2D eigenvalue weighted by Crippen LogP contribution is -2.71. The summed E-state index contributed by atoms with van der Waals surface area (Å²) in [6.07, 6.45) is -0.627. The fraction of sp³-hybridized carbons (Fsp3) is 0.795. The zero-order valence-corrected chi connectivity index (χ0v) is 33.6. The van der Waals surface area contributed by atoms with Gasteiger partial charge in [0.1, 0.15) is 23.7 Å². The molecule has 17 atom stereocenters. The Hall–Kier alpha value is -1.93. The predicted octanol–water partition coefficient (Wildman–Crippen LogP) is 4.44. The molecule has 1 aromatic rings. The van der Waals surface area contributed by atoms with Crippen molar-refractivity contribution in [2.75, 3.05) is 19.8 Å². The monoisotopic (exact) mass is 770 g/mol. The standard InChI is InChI=1S/C44H66O11/c1-7-26-17-44(38(51)52)28(18-39(2,23-45)20-33(44)48)27-13-14-32-40(3)19-30(53-21-25-11-9-8-10-12-25)36(55-37-35(50)34(49)29(47)22-54-37)41(4,24-46)31(40)15-16-42(32,5)43(26,27)6/h8-13,26,28-37,45-50H,7,14-24H2,1-6H3,(H,51,52)/t26-,28-,29+,30+,31+,32-,33+,34-,35+,36+,37+,39+,40-,41-,42+,43+,44+/m0/s1. The molecule has 0 radical (unpaired) electrons. The number of aliphatic hydroxyl groups is 6. The molecule has 0 bridgehead atoms. The molecular weight excluding hydrogens is 704 g/mol. The first kappa shape index (κ1) is 41.2. The molecule has 1 aromatic carbocycles. The Morgan fingerprint density at radius 3 is 2.25 bits per heavy atom. The Kier molecular flexibility index (Phi) is 10.8. The highest BCUT2D eigenvalue weighted by atomic mass is 16.7. The summed E-state index contributed by atoms with van der Waals surface area (Å²) >= 11 is 0. The van der Waals surface area contributed by atoms with Crippen molar-refractivity contribution in [3.05, 3.63) is 47.5 Å². The Bertz CT molecular complexity index is 1600. The van der Waals surface area contributed by atoms with E-state index in [2.05, 4.69) is 33.8 Å². The molecule has 55 heavy (non-hydrogen) atoms. The molecule has 5 aliphatic carbocycles. The Morgan fingerprint density at radius 1 is 0.909 bits per heavy atom. The van der Waals surface area contributed by atoms with Gasteiger partial charge in [-0.2, -0.15) is 0 Å². The molecule has 7 N–H and O–H groups in total. The van der Waals surface area contributed by atoms with Crippen LogP contribution in [-0.2, 0) is 25.6 Å². The van der Waals surface area contributed by atoms with Crippen LogP contribution >= 0.6 is 0 Å². The molecule has 7 rings (SSSR count). The number of aliphatic hydroxyl groups excluding tert-OH is 6. The summed E-state index contributed by atoms with van der Waals surface area (Å²) < 4.78 is 19.3. The van der Waals surface area contributed by atoms with E-state index >= 15 is 0 Å². The number of allylic oxidation sites excluding steroid dienone is 2. The van der Waals surface area contributed by atoms with Gasteiger partial charge in [0.25, 0.3) is 0 Å². The normalized spacial score (nSPS) is 50.8. The van der Waals surface area contributed by atoms with Gasteiger partial charge in [-0.3, -0.25) is 4.79 Å². The van der Waals surface area contributed by atoms with Crippen molar-refractivity contribution in [2.24, 2.45) is 56.2 Å². The van der Waals surface area contributed by atoms with E-state index < -0.39 is 76.5 Å². The summed E-state index contributed by atoms with van der Waals surface area (Å²) in [6.45, 7) is 13.0. The topological polar surface area (TPSA) is 186 Å². The highest BCUT2D eigenvalue weighted by Crippen LogP contribution is 2.77. The van der Waals surface area contributed by atoms with Crippen LogP contribution in [0.3, 0.4) is 0 Å². The number of rotatable bonds is 9. The lowest BCUT2D eigenvalue weighted by molar-refractivity contribution is -0.333. The van der Waals surface area contributed by atoms with Crippen molar-refractivity contribution in [3.63, 3.8) is 0 Å². The average Bonchev–Trinajstić information content (AvgIpc) is 3.15. The molecule has 308 valence electrons. The third-order valence-corrected chi connectivity index (χ3v) is 17.1. The van der Waals surface area contributed by atoms with Crippen molar-refractivity contribution in [1.29, 1.82) is 0 Å². The van der Waals surface area contributed by atoms with E-state index in [-0.39, 0.29) is 54.8 Å². The molecule has 11 nitrogen and oxygen atoms in total. The van der Waals surface area contributed by atoms with Crippen LogP contribution in [0.4, 0.5) is 0 Å². The minimum atomic E-state index is -1.49. The van der Waals surface area contributed by atoms with Gasteiger partial charge in [-0.1, -0.05) is 89.9 Å². The van der Waals surface area contributed by atoms with Crippen LogP contribution in [0, 0.1) is 56.2 Å². The number of fused-ring (bicyclic) bond motifs is 7. The van der Waals surface area contributed by atoms with Crippen LogP contribution < -0.4 is 0 Å². The molecule has 1 aliphatic heterocycles. The molecule has 1 heterocycles. The van der Waals surface area contributed by atoms with E-state index in [0.29, 0.717) is 32.3 Å². The Morgan fingerprint density at radius 2 is 1.62 bits per heavy atom. The first-order chi connectivity index (χ1) is 25.9. The summed E-state index contributed by atoms with van der Waals surface area (Å²) in [4.78, 5) is 13.4. The number of hydrogen-bond acceptors (Lipinski definition) is 10. The van der Waals surface area contributed by atoms with Crippen LogP contribution in [0.15, 0.2) is 42.0 Å². The second-order valence-electron chi connectivity index (χ2n) is 19.8. The van der Waals surface area contributed by atoms with Gasteiger partial charge in [0.2, 0.25) is 0 Å². The van der Waals surface area contributed by atoms with E-state index in [1.165, 1.54) is 0 Å². The number of benzene rings is 1. The van der Waals surface area contributed by atoms with Crippen molar-refractivity contribution in [2.45, 2.75) is 142 Å². The molecule has 5 fully saturated rings. The smallest absolute Gasteiger partial charge is 0.312 e. The van der Waals surface area contributed by atoms with Gasteiger partial charge in [0, 0.05) is 12.0 Å². The SMILES string of the molecule is CC[C@H]1C[C@]2(C(=O)O)[C@H](O)C[C@](C)(CO)C[C@H]2C2=CC[C@H]3[C@@]4(C)C[C@@H](OCc5ccccc5)[C@@H](O[C@H]5OC[C@@H](O)[C@H](O)[C@H]5O)[C@@](C)(CO)[C@@H]4CC[C@@]3(C)[C@@]21C. The third kappa shape index (κ3) is 5.95. The van der Waals surface area contributed by atoms with Crippen molar-refractivity contribution >= 4 is 5.97 Å². The summed E-state index contributed by atoms with van der Waals surface area (Å²) in [5, 5.41) is 76.6. The first-order valence-electron chi connectivity index (χ1n) is 20.7. The molecule has 0 aromatic heterocycles. The maximum Gasteiger partial charge on any atom is 0.312 e. The summed E-state index contributed by atoms with van der Waals surface area (Å²) in [7, 11) is 0. The number of hydrogen-bond donors (Lipinski definition) is 7. The van der Waals surface area contributed by atoms with Gasteiger partial charge in [-0.25, -0.2) is 0 Å². The van der Waals surface area contributed by atoms with Crippen LogP contribution in [0.25, 0.3) is 0 Å². The van der Waals surface area contributed by atoms with Crippen LogP contribution in [-0.4, -0.2) is 104 Å². The van der Waals surface area contributed by atoms with Gasteiger partial charge < -0.3 is 50.0 Å². The van der Waals surface area contributed by atoms with E-state index in [1.54, 1.807) is 0 Å². The molecule has 1 saturated heterocycles. The minimum absolute atomic E-state index is 0.00655. The largest absolute Gasteiger partial charge is 0.481 e. The third-order valence-electron chi connectivity index (χ3n) is 17.1. The van der Waals surface area contributed by atoms with Crippen LogP contribution in [0.5, 0.6) is 0 Å². The number of carboxylic acid groups (broad SMARTS) is 1. The van der Waals surface area contributed by atoms with Gasteiger partial charge in [0.15, 0.2) is 6.29 Å². The van der Waals surface area contributed by atoms with Gasteiger partial charge >= 0.3 is 5.97 Å². The fourth-order valence-corrected chi connectivity index (χ4v) is 14.0. The summed E-state index contributed by atoms with van der Waals surface area (Å²) in [6, 6.07) is 9.88. The highest BCUT2D eigenvalue weighted by Gasteiger charge is 2.74. The van der Waals surface area contributed by atoms with Crippen molar-refractivity contribution in [3.8, 4) is 0 Å². The molecular formula is C44H66O11. The highest BCUT2D eigenvalue weighted by molar-refractivity contribution is 5.78. The Balaban J connectivity index is 1.31. The molecule has 0 spiro atoms. The van der Waals surface area contributed by atoms with E-state index in [1.807, 2.05) is 44.2 Å². The van der Waals surface area contributed by atoms with Crippen molar-refractivity contribution < 1.29 is 54.8 Å². The molecule has 11 heteroatoms. The van der Waals surface area contributed by atoms with Crippen LogP contribution in [0.2, 0.25) is 0 Å². The Labute approximate surface area is 326 Å². The van der Waals surface area contributed by atoms with Crippen molar-refractivity contribution in [1.82, 2.24) is 0 Å². The van der Waals surface area contributed by atoms with Gasteiger partial charge in [-0.05, 0) is 95.8 Å². The number of ether oxygens (including phenoxy) is 3. The predicted molar refractivity (Wildman–Crippen MR) is 203 cm³/mol. The zero-order chi connectivity index (χ0) is 39.9. The van der Waals surface area contributed by atoms with E-state index in [0.717, 1.165) is 30.4 Å². The second kappa shape index (κ2) is 14.4. The molecule has 0 amide bonds. The number of carbonyl (C=O) groups is 1. The number of aliphatic carboxylic acids is 1. The number of carboxylic acids is 1. The maximum atomic E-state index is 13.4. The molecule has 0 unspecified atom stereocenters. The quantitative estimate of drug-likeness (QED) is 0.139. The summed E-state index contributed by atoms with van der Waals surface area (Å²) in [5.41, 5.74) is -1.69. The first-order valence-corrected chi connectivity index (χ1v) is 20.7. The summed E-state index contributed by atoms with van der Waals surface area (Å²) in [5.74, 6) is -1.27.